The lowest BCUT2D eigenvalue weighted by molar-refractivity contribution is 0.0442. The Balaban J connectivity index is 1.61. The summed E-state index contributed by atoms with van der Waals surface area (Å²) < 4.78 is 25.7. The molecule has 0 N–H and O–H groups in total. The molecule has 0 unspecified atom stereocenters. The Kier molecular flexibility index (Phi) is 6.15. The predicted molar refractivity (Wildman–Crippen MR) is 115 cm³/mol. The first-order valence-corrected chi connectivity index (χ1v) is 10.3. The molecule has 158 valence electrons. The highest BCUT2D eigenvalue weighted by Gasteiger charge is 2.44. The van der Waals surface area contributed by atoms with Crippen molar-refractivity contribution < 1.29 is 18.7 Å². The van der Waals surface area contributed by atoms with Gasteiger partial charge in [-0.3, -0.25) is 4.90 Å². The lowest BCUT2D eigenvalue weighted by Gasteiger charge is -2.25. The average molecular weight is 418 g/mol. The minimum atomic E-state index is -0.600. The molecule has 1 heterocycles. The molecule has 1 aliphatic carbocycles. The van der Waals surface area contributed by atoms with E-state index in [4.69, 9.17) is 14.7 Å². The Morgan fingerprint density at radius 2 is 2.03 bits per heavy atom. The average Bonchev–Trinajstić information content (AvgIpc) is 3.10. The van der Waals surface area contributed by atoms with Crippen LogP contribution in [0.5, 0.6) is 0 Å². The summed E-state index contributed by atoms with van der Waals surface area (Å²) in [7, 11) is 0. The summed E-state index contributed by atoms with van der Waals surface area (Å²) in [5, 5.41) is 9.06. The Hall–Kier alpha value is -3.43. The van der Waals surface area contributed by atoms with Crippen LogP contribution in [0.2, 0.25) is 0 Å². The number of nitriles is 1. The van der Waals surface area contributed by atoms with Crippen LogP contribution in [-0.2, 0) is 9.47 Å². The summed E-state index contributed by atoms with van der Waals surface area (Å²) in [6, 6.07) is 12.9. The van der Waals surface area contributed by atoms with Gasteiger partial charge in [0.25, 0.3) is 0 Å². The highest BCUT2D eigenvalue weighted by atomic mass is 19.1. The largest absolute Gasteiger partial charge is 0.441 e. The number of halogens is 1. The van der Waals surface area contributed by atoms with Gasteiger partial charge in [0.05, 0.1) is 24.8 Å². The molecule has 1 aliphatic heterocycles. The van der Waals surface area contributed by atoms with Crippen molar-refractivity contribution in [2.24, 2.45) is 0 Å². The van der Waals surface area contributed by atoms with E-state index in [0.717, 1.165) is 24.0 Å². The van der Waals surface area contributed by atoms with Gasteiger partial charge in [-0.25, -0.2) is 9.18 Å². The zero-order valence-electron chi connectivity index (χ0n) is 17.3. The maximum absolute atomic E-state index is 14.2. The molecule has 1 fully saturated rings. The summed E-state index contributed by atoms with van der Waals surface area (Å²) >= 11 is 0. The summed E-state index contributed by atoms with van der Waals surface area (Å²) in [5.74, 6) is -0.369. The van der Waals surface area contributed by atoms with Crippen LogP contribution in [0.25, 0.3) is 0 Å². The summed E-state index contributed by atoms with van der Waals surface area (Å²) in [5.41, 5.74) is 3.56. The van der Waals surface area contributed by atoms with Gasteiger partial charge in [0.2, 0.25) is 0 Å². The zero-order valence-corrected chi connectivity index (χ0v) is 17.3. The molecular formula is C25H23FN2O3. The van der Waals surface area contributed by atoms with Crippen molar-refractivity contribution in [2.75, 3.05) is 18.1 Å². The standard InChI is InChI=1S/C25H23FN2O3/c1-17-11-20(13-21(26)12-17)24-23(16-30-15-19-5-3-2-4-6-19)31-25(29)28(24)22-9-7-18(14-27)8-10-22/h3,5-13,23-24H,2,4,15-16H2,1H3/t23-,24-/m0/s1. The number of hydrogen-bond donors (Lipinski definition) is 0. The number of ether oxygens (including phenoxy) is 2. The summed E-state index contributed by atoms with van der Waals surface area (Å²) in [6.45, 7) is 2.42. The molecule has 2 aromatic rings. The number of hydrogen-bond acceptors (Lipinski definition) is 4. The number of benzene rings is 2. The van der Waals surface area contributed by atoms with E-state index in [1.54, 1.807) is 24.3 Å². The van der Waals surface area contributed by atoms with Gasteiger partial charge >= 0.3 is 6.09 Å². The second kappa shape index (κ2) is 9.15. The van der Waals surface area contributed by atoms with E-state index in [1.165, 1.54) is 17.0 Å². The van der Waals surface area contributed by atoms with Crippen LogP contribution in [-0.4, -0.2) is 25.4 Å². The number of aryl methyl sites for hydroxylation is 1. The molecule has 0 radical (unpaired) electrons. The predicted octanol–water partition coefficient (Wildman–Crippen LogP) is 5.37. The minimum absolute atomic E-state index is 0.184. The van der Waals surface area contributed by atoms with E-state index in [1.807, 2.05) is 19.1 Å². The second-order valence-corrected chi connectivity index (χ2v) is 7.73. The van der Waals surface area contributed by atoms with Crippen molar-refractivity contribution in [3.63, 3.8) is 0 Å². The first kappa shape index (κ1) is 20.8. The molecule has 2 aromatic carbocycles. The number of cyclic esters (lactones) is 1. The van der Waals surface area contributed by atoms with Crippen LogP contribution in [0.4, 0.5) is 14.9 Å². The highest BCUT2D eigenvalue weighted by Crippen LogP contribution is 2.38. The summed E-state index contributed by atoms with van der Waals surface area (Å²) in [6.07, 6.45) is 7.19. The van der Waals surface area contributed by atoms with Crippen LogP contribution >= 0.6 is 0 Å². The van der Waals surface area contributed by atoms with Gasteiger partial charge in [-0.2, -0.15) is 5.26 Å². The molecule has 2 aliphatic rings. The van der Waals surface area contributed by atoms with Gasteiger partial charge in [-0.15, -0.1) is 0 Å². The van der Waals surface area contributed by atoms with Crippen LogP contribution < -0.4 is 4.90 Å². The fraction of sp³-hybridized carbons (Fsp3) is 0.280. The van der Waals surface area contributed by atoms with Gasteiger partial charge in [0, 0.05) is 5.69 Å². The molecular weight excluding hydrogens is 395 g/mol. The Labute approximate surface area is 181 Å². The van der Waals surface area contributed by atoms with Gasteiger partial charge in [-0.1, -0.05) is 24.3 Å². The van der Waals surface area contributed by atoms with Crippen LogP contribution in [0.15, 0.2) is 66.3 Å². The first-order chi connectivity index (χ1) is 15.0. The van der Waals surface area contributed by atoms with E-state index in [-0.39, 0.29) is 12.4 Å². The molecule has 31 heavy (non-hydrogen) atoms. The van der Waals surface area contributed by atoms with Crippen molar-refractivity contribution in [3.05, 3.63) is 88.8 Å². The molecule has 2 atom stereocenters. The number of rotatable bonds is 6. The normalized spacial score (nSPS) is 20.4. The van der Waals surface area contributed by atoms with Crippen molar-refractivity contribution in [2.45, 2.75) is 31.9 Å². The van der Waals surface area contributed by atoms with E-state index < -0.39 is 18.2 Å². The van der Waals surface area contributed by atoms with Crippen molar-refractivity contribution in [1.82, 2.24) is 0 Å². The molecule has 1 saturated heterocycles. The first-order valence-electron chi connectivity index (χ1n) is 10.3. The van der Waals surface area contributed by atoms with Crippen LogP contribution in [0.3, 0.4) is 0 Å². The minimum Gasteiger partial charge on any atom is -0.441 e. The molecule has 6 heteroatoms. The van der Waals surface area contributed by atoms with Gasteiger partial charge < -0.3 is 9.47 Å². The van der Waals surface area contributed by atoms with Crippen molar-refractivity contribution in [3.8, 4) is 6.07 Å². The maximum atomic E-state index is 14.2. The molecule has 0 spiro atoms. The molecule has 5 nitrogen and oxygen atoms in total. The second-order valence-electron chi connectivity index (χ2n) is 7.73. The zero-order chi connectivity index (χ0) is 21.8. The molecule has 0 saturated carbocycles. The Morgan fingerprint density at radius 3 is 2.71 bits per heavy atom. The van der Waals surface area contributed by atoms with Gasteiger partial charge in [0.1, 0.15) is 11.9 Å². The maximum Gasteiger partial charge on any atom is 0.415 e. The van der Waals surface area contributed by atoms with E-state index in [2.05, 4.69) is 18.2 Å². The Bertz CT molecular complexity index is 1050. The SMILES string of the molecule is Cc1cc(F)cc([C@H]2[C@H](COCC3=CCCC=C3)OC(=O)N2c2ccc(C#N)cc2)c1. The lowest BCUT2D eigenvalue weighted by Crippen LogP contribution is -2.31. The number of nitrogens with zero attached hydrogens (tertiary/aromatic N) is 2. The van der Waals surface area contributed by atoms with Crippen LogP contribution in [0, 0.1) is 24.1 Å². The molecule has 0 aromatic heterocycles. The van der Waals surface area contributed by atoms with Crippen LogP contribution in [0.1, 0.15) is 35.6 Å². The molecule has 0 bridgehead atoms. The molecule has 1 amide bonds. The summed E-state index contributed by atoms with van der Waals surface area (Å²) in [4.78, 5) is 14.3. The third kappa shape index (κ3) is 4.68. The lowest BCUT2D eigenvalue weighted by atomic mass is 9.98. The van der Waals surface area contributed by atoms with Crippen molar-refractivity contribution in [1.29, 1.82) is 5.26 Å². The van der Waals surface area contributed by atoms with Gasteiger partial charge in [-0.05, 0) is 72.9 Å². The number of carbonyl (C=O) groups is 1. The third-order valence-corrected chi connectivity index (χ3v) is 5.38. The van der Waals surface area contributed by atoms with Crippen molar-refractivity contribution >= 4 is 11.8 Å². The number of allylic oxidation sites excluding steroid dienone is 2. The quantitative estimate of drug-likeness (QED) is 0.633. The highest BCUT2D eigenvalue weighted by molar-refractivity contribution is 5.91. The monoisotopic (exact) mass is 418 g/mol. The smallest absolute Gasteiger partial charge is 0.415 e. The van der Waals surface area contributed by atoms with E-state index in [9.17, 15) is 9.18 Å². The number of carbonyl (C=O) groups excluding carboxylic acids is 1. The fourth-order valence-corrected chi connectivity index (χ4v) is 3.99. The number of anilines is 1. The third-order valence-electron chi connectivity index (χ3n) is 5.38. The molecule has 4 rings (SSSR count). The van der Waals surface area contributed by atoms with E-state index in [0.29, 0.717) is 23.4 Å². The topological polar surface area (TPSA) is 62.6 Å². The Morgan fingerprint density at radius 1 is 1.23 bits per heavy atom. The van der Waals surface area contributed by atoms with Gasteiger partial charge in [0.15, 0.2) is 6.10 Å². The van der Waals surface area contributed by atoms with E-state index >= 15 is 0 Å². The fourth-order valence-electron chi connectivity index (χ4n) is 3.99. The number of amides is 1.